The maximum atomic E-state index is 11.2. The molecule has 1 rings (SSSR count). The van der Waals surface area contributed by atoms with Crippen molar-refractivity contribution < 1.29 is 13.2 Å². The molecule has 0 spiro atoms. The number of nitrogens with zero attached hydrogens (tertiary/aromatic N) is 1. The van der Waals surface area contributed by atoms with Gasteiger partial charge in [0.15, 0.2) is 6.29 Å². The molecule has 1 aromatic carbocycles. The standard InChI is InChI=1S/C10H8ClNO3S/c1-2-8-3-7(5-12)4-10(9(8)6-13)16(11,14)15/h3-4,6H,2H2,1H3. The number of rotatable bonds is 3. The average molecular weight is 258 g/mol. The van der Waals surface area contributed by atoms with Crippen LogP contribution in [0, 0.1) is 11.3 Å². The van der Waals surface area contributed by atoms with Crippen LogP contribution >= 0.6 is 10.7 Å². The van der Waals surface area contributed by atoms with Gasteiger partial charge >= 0.3 is 0 Å². The third kappa shape index (κ3) is 2.40. The van der Waals surface area contributed by atoms with Gasteiger partial charge in [-0.25, -0.2) is 8.42 Å². The molecular formula is C10H8ClNO3S. The van der Waals surface area contributed by atoms with Crippen molar-refractivity contribution in [1.82, 2.24) is 0 Å². The Morgan fingerprint density at radius 1 is 1.50 bits per heavy atom. The first-order valence-electron chi connectivity index (χ1n) is 4.41. The van der Waals surface area contributed by atoms with Crippen LogP contribution in [0.5, 0.6) is 0 Å². The quantitative estimate of drug-likeness (QED) is 0.612. The number of benzene rings is 1. The highest BCUT2D eigenvalue weighted by atomic mass is 35.7. The van der Waals surface area contributed by atoms with Gasteiger partial charge in [0.05, 0.1) is 16.5 Å². The van der Waals surface area contributed by atoms with Gasteiger partial charge in [-0.2, -0.15) is 5.26 Å². The molecule has 0 radical (unpaired) electrons. The summed E-state index contributed by atoms with van der Waals surface area (Å²) in [5.41, 5.74) is 0.687. The van der Waals surface area contributed by atoms with E-state index in [-0.39, 0.29) is 16.0 Å². The Morgan fingerprint density at radius 3 is 2.50 bits per heavy atom. The molecule has 0 saturated heterocycles. The van der Waals surface area contributed by atoms with Gasteiger partial charge in [-0.3, -0.25) is 4.79 Å². The van der Waals surface area contributed by atoms with Crippen molar-refractivity contribution in [3.8, 4) is 6.07 Å². The Bertz CT molecular complexity index is 572. The topological polar surface area (TPSA) is 75.0 Å². The Morgan fingerprint density at radius 2 is 2.12 bits per heavy atom. The second-order valence-corrected chi connectivity index (χ2v) is 5.60. The summed E-state index contributed by atoms with van der Waals surface area (Å²) in [5.74, 6) is 0. The summed E-state index contributed by atoms with van der Waals surface area (Å²) in [6.45, 7) is 1.76. The van der Waals surface area contributed by atoms with Gasteiger partial charge in [-0.15, -0.1) is 0 Å². The van der Waals surface area contributed by atoms with Crippen LogP contribution in [0.2, 0.25) is 0 Å². The third-order valence-electron chi connectivity index (χ3n) is 2.12. The zero-order chi connectivity index (χ0) is 12.3. The Balaban J connectivity index is 3.71. The van der Waals surface area contributed by atoms with Crippen LogP contribution in [0.3, 0.4) is 0 Å². The molecule has 6 heteroatoms. The van der Waals surface area contributed by atoms with Gasteiger partial charge in [0.1, 0.15) is 0 Å². The summed E-state index contributed by atoms with van der Waals surface area (Å²) in [5, 5.41) is 8.74. The van der Waals surface area contributed by atoms with Gasteiger partial charge < -0.3 is 0 Å². The van der Waals surface area contributed by atoms with Crippen LogP contribution in [0.4, 0.5) is 0 Å². The van der Waals surface area contributed by atoms with Crippen molar-refractivity contribution >= 4 is 26.0 Å². The van der Waals surface area contributed by atoms with E-state index in [1.807, 2.05) is 6.07 Å². The van der Waals surface area contributed by atoms with E-state index >= 15 is 0 Å². The third-order valence-corrected chi connectivity index (χ3v) is 3.48. The first-order valence-corrected chi connectivity index (χ1v) is 6.71. The largest absolute Gasteiger partial charge is 0.298 e. The van der Waals surface area contributed by atoms with E-state index in [0.717, 1.165) is 6.07 Å². The van der Waals surface area contributed by atoms with E-state index in [4.69, 9.17) is 15.9 Å². The molecule has 0 atom stereocenters. The van der Waals surface area contributed by atoms with Crippen molar-refractivity contribution in [3.05, 3.63) is 28.8 Å². The molecule has 0 N–H and O–H groups in total. The molecule has 84 valence electrons. The molecule has 0 aliphatic rings. The summed E-state index contributed by atoms with van der Waals surface area (Å²) < 4.78 is 22.5. The first-order chi connectivity index (χ1) is 7.43. The molecular weight excluding hydrogens is 250 g/mol. The van der Waals surface area contributed by atoms with E-state index in [2.05, 4.69) is 0 Å². The summed E-state index contributed by atoms with van der Waals surface area (Å²) in [4.78, 5) is 10.5. The number of hydrogen-bond donors (Lipinski definition) is 0. The Hall–Kier alpha value is -1.38. The minimum Gasteiger partial charge on any atom is -0.298 e. The minimum atomic E-state index is -4.02. The second kappa shape index (κ2) is 4.64. The van der Waals surface area contributed by atoms with Crippen LogP contribution in [0.15, 0.2) is 17.0 Å². The van der Waals surface area contributed by atoms with Gasteiger partial charge in [-0.1, -0.05) is 6.92 Å². The fraction of sp³-hybridized carbons (Fsp3) is 0.200. The second-order valence-electron chi connectivity index (χ2n) is 3.07. The van der Waals surface area contributed by atoms with E-state index in [1.54, 1.807) is 6.92 Å². The number of nitriles is 1. The molecule has 0 aliphatic carbocycles. The number of hydrogen-bond acceptors (Lipinski definition) is 4. The number of halogens is 1. The first kappa shape index (κ1) is 12.7. The molecule has 0 heterocycles. The zero-order valence-electron chi connectivity index (χ0n) is 8.40. The molecule has 16 heavy (non-hydrogen) atoms. The summed E-state index contributed by atoms with van der Waals surface area (Å²) in [6.07, 6.45) is 0.887. The van der Waals surface area contributed by atoms with Crippen LogP contribution in [0.1, 0.15) is 28.4 Å². The lowest BCUT2D eigenvalue weighted by atomic mass is 10.0. The lowest BCUT2D eigenvalue weighted by Gasteiger charge is -2.07. The predicted octanol–water partition coefficient (Wildman–Crippen LogP) is 1.86. The molecule has 0 unspecified atom stereocenters. The number of carbonyl (C=O) groups excluding carboxylic acids is 1. The molecule has 0 amide bonds. The van der Waals surface area contributed by atoms with Crippen molar-refractivity contribution in [2.75, 3.05) is 0 Å². The van der Waals surface area contributed by atoms with Crippen LogP contribution < -0.4 is 0 Å². The van der Waals surface area contributed by atoms with Gasteiger partial charge in [0.2, 0.25) is 0 Å². The van der Waals surface area contributed by atoms with Gasteiger partial charge in [0.25, 0.3) is 9.05 Å². The number of aldehydes is 1. The van der Waals surface area contributed by atoms with Crippen LogP contribution in [0.25, 0.3) is 0 Å². The Labute approximate surface area is 97.9 Å². The van der Waals surface area contributed by atoms with E-state index in [1.165, 1.54) is 6.07 Å². The molecule has 0 aliphatic heterocycles. The van der Waals surface area contributed by atoms with E-state index in [9.17, 15) is 13.2 Å². The van der Waals surface area contributed by atoms with E-state index < -0.39 is 9.05 Å². The van der Waals surface area contributed by atoms with Crippen LogP contribution in [-0.4, -0.2) is 14.7 Å². The summed E-state index contributed by atoms with van der Waals surface area (Å²) in [6, 6.07) is 4.41. The molecule has 0 bridgehead atoms. The normalized spacial score (nSPS) is 10.8. The number of aryl methyl sites for hydroxylation is 1. The van der Waals surface area contributed by atoms with Gasteiger partial charge in [-0.05, 0) is 24.1 Å². The average Bonchev–Trinajstić information content (AvgIpc) is 2.25. The highest BCUT2D eigenvalue weighted by Gasteiger charge is 2.19. The maximum Gasteiger partial charge on any atom is 0.262 e. The molecule has 1 aromatic rings. The number of carbonyl (C=O) groups is 1. The smallest absolute Gasteiger partial charge is 0.262 e. The Kier molecular flexibility index (Phi) is 3.68. The lowest BCUT2D eigenvalue weighted by molar-refractivity contribution is 0.111. The lowest BCUT2D eigenvalue weighted by Crippen LogP contribution is -2.02. The highest BCUT2D eigenvalue weighted by molar-refractivity contribution is 8.13. The predicted molar refractivity (Wildman–Crippen MR) is 59.0 cm³/mol. The summed E-state index contributed by atoms with van der Waals surface area (Å²) in [7, 11) is 1.18. The maximum absolute atomic E-state index is 11.2. The highest BCUT2D eigenvalue weighted by Crippen LogP contribution is 2.24. The van der Waals surface area contributed by atoms with Crippen molar-refractivity contribution in [2.24, 2.45) is 0 Å². The van der Waals surface area contributed by atoms with Gasteiger partial charge in [0, 0.05) is 16.2 Å². The SMILES string of the molecule is CCc1cc(C#N)cc(S(=O)(=O)Cl)c1C=O. The molecule has 0 fully saturated rings. The molecule has 4 nitrogen and oxygen atoms in total. The van der Waals surface area contributed by atoms with Crippen molar-refractivity contribution in [2.45, 2.75) is 18.2 Å². The zero-order valence-corrected chi connectivity index (χ0v) is 9.97. The van der Waals surface area contributed by atoms with Crippen LogP contribution in [-0.2, 0) is 15.5 Å². The van der Waals surface area contributed by atoms with Crippen molar-refractivity contribution in [1.29, 1.82) is 5.26 Å². The minimum absolute atomic E-state index is 0.0245. The molecule has 0 saturated carbocycles. The summed E-state index contributed by atoms with van der Waals surface area (Å²) >= 11 is 0. The molecule has 0 aromatic heterocycles. The van der Waals surface area contributed by atoms with E-state index in [0.29, 0.717) is 18.3 Å². The fourth-order valence-electron chi connectivity index (χ4n) is 1.38. The fourth-order valence-corrected chi connectivity index (χ4v) is 2.47. The monoisotopic (exact) mass is 257 g/mol. The van der Waals surface area contributed by atoms with Crippen molar-refractivity contribution in [3.63, 3.8) is 0 Å².